The Bertz CT molecular complexity index is 457. The van der Waals surface area contributed by atoms with Crippen molar-refractivity contribution in [3.8, 4) is 0 Å². The van der Waals surface area contributed by atoms with Gasteiger partial charge >= 0.3 is 0 Å². The highest BCUT2D eigenvalue weighted by Crippen LogP contribution is 2.10. The fraction of sp³-hybridized carbons (Fsp3) is 0.706. The molecule has 2 N–H and O–H groups in total. The molecule has 1 aliphatic heterocycles. The molecule has 0 saturated carbocycles. The van der Waals surface area contributed by atoms with Crippen LogP contribution in [0.3, 0.4) is 0 Å². The van der Waals surface area contributed by atoms with Crippen molar-refractivity contribution in [2.45, 2.75) is 38.9 Å². The van der Waals surface area contributed by atoms with Crippen molar-refractivity contribution in [1.29, 1.82) is 0 Å². The van der Waals surface area contributed by atoms with Crippen LogP contribution in [0.2, 0.25) is 0 Å². The summed E-state index contributed by atoms with van der Waals surface area (Å²) in [6.45, 7) is 9.17. The topological polar surface area (TPSA) is 62.0 Å². The number of aliphatic imine (C=N–C) groups is 1. The number of rotatable bonds is 7. The lowest BCUT2D eigenvalue weighted by atomic mass is 10.2. The van der Waals surface area contributed by atoms with Gasteiger partial charge in [0.1, 0.15) is 5.76 Å². The molecule has 2 atom stereocenters. The van der Waals surface area contributed by atoms with E-state index in [4.69, 9.17) is 9.15 Å². The summed E-state index contributed by atoms with van der Waals surface area (Å²) in [5, 5.41) is 6.67. The SMILES string of the molecule is CN=C(NCCCN1CC(C)OC(C)C1)NCCc1ccco1.I. The monoisotopic (exact) mass is 450 g/mol. The number of hydrogen-bond acceptors (Lipinski definition) is 4. The van der Waals surface area contributed by atoms with E-state index in [9.17, 15) is 0 Å². The number of hydrogen-bond donors (Lipinski definition) is 2. The van der Waals surface area contributed by atoms with E-state index in [1.165, 1.54) is 0 Å². The molecule has 0 bridgehead atoms. The Kier molecular flexibility index (Phi) is 10.4. The fourth-order valence-electron chi connectivity index (χ4n) is 2.96. The van der Waals surface area contributed by atoms with Crippen LogP contribution in [0, 0.1) is 0 Å². The number of nitrogens with one attached hydrogen (secondary N) is 2. The first-order chi connectivity index (χ1) is 11.2. The minimum atomic E-state index is 0. The second-order valence-electron chi connectivity index (χ2n) is 6.13. The van der Waals surface area contributed by atoms with Crippen LogP contribution >= 0.6 is 24.0 Å². The van der Waals surface area contributed by atoms with E-state index < -0.39 is 0 Å². The summed E-state index contributed by atoms with van der Waals surface area (Å²) in [6.07, 6.45) is 4.33. The molecule has 0 amide bonds. The van der Waals surface area contributed by atoms with Crippen molar-refractivity contribution in [1.82, 2.24) is 15.5 Å². The first kappa shape index (κ1) is 21.2. The molecule has 1 aromatic rings. The van der Waals surface area contributed by atoms with Crippen molar-refractivity contribution < 1.29 is 9.15 Å². The molecular formula is C17H31IN4O2. The molecule has 24 heavy (non-hydrogen) atoms. The van der Waals surface area contributed by atoms with Crippen molar-refractivity contribution in [3.63, 3.8) is 0 Å². The van der Waals surface area contributed by atoms with E-state index >= 15 is 0 Å². The van der Waals surface area contributed by atoms with Crippen molar-refractivity contribution in [2.24, 2.45) is 4.99 Å². The fourth-order valence-corrected chi connectivity index (χ4v) is 2.96. The predicted molar refractivity (Wildman–Crippen MR) is 108 cm³/mol. The zero-order valence-corrected chi connectivity index (χ0v) is 17.3. The van der Waals surface area contributed by atoms with Crippen LogP contribution in [0.15, 0.2) is 27.8 Å². The van der Waals surface area contributed by atoms with Gasteiger partial charge in [-0.25, -0.2) is 0 Å². The molecule has 0 spiro atoms. The Labute approximate surface area is 162 Å². The molecule has 1 aromatic heterocycles. The number of nitrogens with zero attached hydrogens (tertiary/aromatic N) is 2. The quantitative estimate of drug-likeness (QED) is 0.289. The van der Waals surface area contributed by atoms with Crippen LogP contribution in [-0.2, 0) is 11.2 Å². The molecule has 7 heteroatoms. The number of guanidine groups is 1. The standard InChI is InChI=1S/C17H30N4O2.HI/c1-14-12-21(13-15(2)23-14)10-5-8-19-17(18-3)20-9-7-16-6-4-11-22-16;/h4,6,11,14-15H,5,7-10,12-13H2,1-3H3,(H2,18,19,20);1H. The van der Waals surface area contributed by atoms with E-state index in [0.717, 1.165) is 57.3 Å². The highest BCUT2D eigenvalue weighted by Gasteiger charge is 2.21. The highest BCUT2D eigenvalue weighted by atomic mass is 127. The lowest BCUT2D eigenvalue weighted by Gasteiger charge is -2.35. The van der Waals surface area contributed by atoms with Gasteiger partial charge in [-0.05, 0) is 32.4 Å². The van der Waals surface area contributed by atoms with Gasteiger partial charge in [0, 0.05) is 46.2 Å². The molecule has 2 heterocycles. The summed E-state index contributed by atoms with van der Waals surface area (Å²) in [6, 6.07) is 3.90. The lowest BCUT2D eigenvalue weighted by molar-refractivity contribution is -0.0679. The molecule has 2 rings (SSSR count). The Morgan fingerprint density at radius 3 is 2.58 bits per heavy atom. The van der Waals surface area contributed by atoms with Crippen molar-refractivity contribution >= 4 is 29.9 Å². The van der Waals surface area contributed by atoms with Gasteiger partial charge in [0.05, 0.1) is 18.5 Å². The van der Waals surface area contributed by atoms with Crippen LogP contribution in [0.5, 0.6) is 0 Å². The van der Waals surface area contributed by atoms with Gasteiger partial charge in [0.15, 0.2) is 5.96 Å². The Morgan fingerprint density at radius 1 is 1.25 bits per heavy atom. The molecular weight excluding hydrogens is 419 g/mol. The van der Waals surface area contributed by atoms with Gasteiger partial charge < -0.3 is 19.8 Å². The zero-order chi connectivity index (χ0) is 16.5. The van der Waals surface area contributed by atoms with Gasteiger partial charge in [0.2, 0.25) is 0 Å². The van der Waals surface area contributed by atoms with Crippen LogP contribution in [0.25, 0.3) is 0 Å². The van der Waals surface area contributed by atoms with Gasteiger partial charge in [0.25, 0.3) is 0 Å². The summed E-state index contributed by atoms with van der Waals surface area (Å²) in [5.74, 6) is 1.84. The van der Waals surface area contributed by atoms with Crippen molar-refractivity contribution in [3.05, 3.63) is 24.2 Å². The summed E-state index contributed by atoms with van der Waals surface area (Å²) in [5.41, 5.74) is 0. The molecule has 0 aliphatic carbocycles. The van der Waals surface area contributed by atoms with Crippen LogP contribution in [-0.4, -0.2) is 62.8 Å². The summed E-state index contributed by atoms with van der Waals surface area (Å²) in [4.78, 5) is 6.73. The lowest BCUT2D eigenvalue weighted by Crippen LogP contribution is -2.46. The van der Waals surface area contributed by atoms with Crippen LogP contribution in [0.4, 0.5) is 0 Å². The molecule has 0 radical (unpaired) electrons. The molecule has 138 valence electrons. The largest absolute Gasteiger partial charge is 0.469 e. The smallest absolute Gasteiger partial charge is 0.190 e. The number of morpholine rings is 1. The Hall–Kier alpha value is -0.800. The maximum Gasteiger partial charge on any atom is 0.190 e. The highest BCUT2D eigenvalue weighted by molar-refractivity contribution is 14.0. The van der Waals surface area contributed by atoms with E-state index in [-0.39, 0.29) is 24.0 Å². The second kappa shape index (κ2) is 11.7. The van der Waals surface area contributed by atoms with E-state index in [1.807, 2.05) is 12.1 Å². The number of ether oxygens (including phenoxy) is 1. The van der Waals surface area contributed by atoms with Crippen LogP contribution < -0.4 is 10.6 Å². The summed E-state index contributed by atoms with van der Waals surface area (Å²) >= 11 is 0. The number of halogens is 1. The molecule has 1 aliphatic rings. The number of furan rings is 1. The predicted octanol–water partition coefficient (Wildman–Crippen LogP) is 2.10. The second-order valence-corrected chi connectivity index (χ2v) is 6.13. The van der Waals surface area contributed by atoms with Crippen LogP contribution in [0.1, 0.15) is 26.0 Å². The molecule has 1 saturated heterocycles. The maximum atomic E-state index is 5.76. The molecule has 6 nitrogen and oxygen atoms in total. The molecule has 1 fully saturated rings. The van der Waals surface area contributed by atoms with Gasteiger partial charge in [-0.3, -0.25) is 9.89 Å². The Morgan fingerprint density at radius 2 is 1.96 bits per heavy atom. The van der Waals surface area contributed by atoms with E-state index in [1.54, 1.807) is 13.3 Å². The average molecular weight is 450 g/mol. The molecule has 2 unspecified atom stereocenters. The van der Waals surface area contributed by atoms with Gasteiger partial charge in [-0.1, -0.05) is 0 Å². The minimum Gasteiger partial charge on any atom is -0.469 e. The van der Waals surface area contributed by atoms with E-state index in [2.05, 4.69) is 34.4 Å². The normalized spacial score (nSPS) is 22.0. The van der Waals surface area contributed by atoms with E-state index in [0.29, 0.717) is 12.2 Å². The third kappa shape index (κ3) is 7.85. The summed E-state index contributed by atoms with van der Waals surface area (Å²) < 4.78 is 11.1. The first-order valence-corrected chi connectivity index (χ1v) is 8.52. The van der Waals surface area contributed by atoms with Gasteiger partial charge in [-0.2, -0.15) is 0 Å². The summed E-state index contributed by atoms with van der Waals surface area (Å²) in [7, 11) is 1.80. The Balaban J connectivity index is 0.00000288. The average Bonchev–Trinajstić information content (AvgIpc) is 3.02. The minimum absolute atomic E-state index is 0. The molecule has 0 aromatic carbocycles. The zero-order valence-electron chi connectivity index (χ0n) is 15.0. The third-order valence-corrected chi connectivity index (χ3v) is 3.91. The van der Waals surface area contributed by atoms with Crippen molar-refractivity contribution in [2.75, 3.05) is 39.8 Å². The third-order valence-electron chi connectivity index (χ3n) is 3.91. The first-order valence-electron chi connectivity index (χ1n) is 8.52. The van der Waals surface area contributed by atoms with Gasteiger partial charge in [-0.15, -0.1) is 24.0 Å². The maximum absolute atomic E-state index is 5.76.